The first kappa shape index (κ1) is 21.1. The molecule has 0 saturated carbocycles. The Hall–Kier alpha value is -2.22. The van der Waals surface area contributed by atoms with Crippen LogP contribution < -0.4 is 4.74 Å². The molecule has 0 heterocycles. The van der Waals surface area contributed by atoms with E-state index in [2.05, 4.69) is 0 Å². The number of hydrogen-bond donors (Lipinski definition) is 0. The van der Waals surface area contributed by atoms with Gasteiger partial charge in [-0.15, -0.1) is 11.8 Å². The molecule has 0 unspecified atom stereocenters. The van der Waals surface area contributed by atoms with E-state index in [-0.39, 0.29) is 30.3 Å². The van der Waals surface area contributed by atoms with E-state index in [1.807, 2.05) is 0 Å². The van der Waals surface area contributed by atoms with Gasteiger partial charge < -0.3 is 9.47 Å². The number of benzene rings is 2. The Bertz CT molecular complexity index is 827. The monoisotopic (exact) mass is 402 g/mol. The number of thioether (sulfide) groups is 1. The summed E-state index contributed by atoms with van der Waals surface area (Å²) in [4.78, 5) is 11.4. The van der Waals surface area contributed by atoms with Gasteiger partial charge in [0.05, 0.1) is 25.2 Å². The Labute approximate surface area is 158 Å². The van der Waals surface area contributed by atoms with E-state index >= 15 is 0 Å². The molecule has 2 aromatic rings. The standard InChI is InChI=1S/C19H18F4O3S/c1-3-25-15(24)9-10-27-14-8-7-12(20)16(18(14)23)11-5-6-13(21)19(17(11)22)26-4-2/h5-8H,3-4,9-10H2,1-2H3. The zero-order valence-electron chi connectivity index (χ0n) is 14.8. The summed E-state index contributed by atoms with van der Waals surface area (Å²) in [7, 11) is 0. The molecule has 0 saturated heterocycles. The van der Waals surface area contributed by atoms with E-state index in [4.69, 9.17) is 9.47 Å². The maximum atomic E-state index is 14.8. The van der Waals surface area contributed by atoms with Gasteiger partial charge >= 0.3 is 5.97 Å². The van der Waals surface area contributed by atoms with Crippen LogP contribution in [0.2, 0.25) is 0 Å². The highest BCUT2D eigenvalue weighted by atomic mass is 32.2. The molecule has 146 valence electrons. The summed E-state index contributed by atoms with van der Waals surface area (Å²) in [5.74, 6) is -5.03. The number of esters is 1. The predicted octanol–water partition coefficient (Wildman–Crippen LogP) is 5.35. The van der Waals surface area contributed by atoms with Crippen LogP contribution in [0.25, 0.3) is 11.1 Å². The van der Waals surface area contributed by atoms with Crippen molar-refractivity contribution in [2.45, 2.75) is 25.2 Å². The lowest BCUT2D eigenvalue weighted by Crippen LogP contribution is -2.05. The molecule has 0 spiro atoms. The van der Waals surface area contributed by atoms with E-state index < -0.39 is 46.1 Å². The molecular formula is C19H18F4O3S. The van der Waals surface area contributed by atoms with Crippen LogP contribution in [-0.4, -0.2) is 24.9 Å². The summed E-state index contributed by atoms with van der Waals surface area (Å²) in [6.45, 7) is 3.44. The van der Waals surface area contributed by atoms with Gasteiger partial charge in [0, 0.05) is 16.2 Å². The molecule has 8 heteroatoms. The van der Waals surface area contributed by atoms with Gasteiger partial charge in [0.2, 0.25) is 0 Å². The third kappa shape index (κ3) is 4.94. The van der Waals surface area contributed by atoms with Gasteiger partial charge in [-0.3, -0.25) is 4.79 Å². The molecule has 27 heavy (non-hydrogen) atoms. The number of rotatable bonds is 8. The first-order valence-corrected chi connectivity index (χ1v) is 9.26. The molecule has 0 N–H and O–H groups in total. The molecule has 3 nitrogen and oxygen atoms in total. The highest BCUT2D eigenvalue weighted by Crippen LogP contribution is 2.37. The summed E-state index contributed by atoms with van der Waals surface area (Å²) in [5, 5.41) is 0. The van der Waals surface area contributed by atoms with Gasteiger partial charge in [-0.2, -0.15) is 0 Å². The molecule has 0 amide bonds. The van der Waals surface area contributed by atoms with Crippen molar-refractivity contribution in [2.24, 2.45) is 0 Å². The molecule has 2 rings (SSSR count). The minimum absolute atomic E-state index is 0.00793. The van der Waals surface area contributed by atoms with Crippen molar-refractivity contribution in [1.29, 1.82) is 0 Å². The maximum Gasteiger partial charge on any atom is 0.306 e. The van der Waals surface area contributed by atoms with Crippen LogP contribution in [0.1, 0.15) is 20.3 Å². The Morgan fingerprint density at radius 3 is 2.33 bits per heavy atom. The van der Waals surface area contributed by atoms with Crippen molar-refractivity contribution in [1.82, 2.24) is 0 Å². The summed E-state index contributed by atoms with van der Waals surface area (Å²) in [6.07, 6.45) is 0.0457. The third-order valence-electron chi connectivity index (χ3n) is 3.53. The van der Waals surface area contributed by atoms with Crippen molar-refractivity contribution < 1.29 is 31.8 Å². The highest BCUT2D eigenvalue weighted by molar-refractivity contribution is 7.99. The smallest absolute Gasteiger partial charge is 0.306 e. The van der Waals surface area contributed by atoms with E-state index in [9.17, 15) is 22.4 Å². The number of carbonyl (C=O) groups excluding carboxylic acids is 1. The predicted molar refractivity (Wildman–Crippen MR) is 94.9 cm³/mol. The van der Waals surface area contributed by atoms with Gasteiger partial charge in [0.25, 0.3) is 0 Å². The minimum atomic E-state index is -1.18. The Morgan fingerprint density at radius 2 is 1.67 bits per heavy atom. The molecule has 0 fully saturated rings. The van der Waals surface area contributed by atoms with Crippen LogP contribution in [0.4, 0.5) is 17.6 Å². The van der Waals surface area contributed by atoms with Gasteiger partial charge in [-0.25, -0.2) is 17.6 Å². The molecule has 0 bridgehead atoms. The number of carbonyl (C=O) groups is 1. The van der Waals surface area contributed by atoms with Crippen molar-refractivity contribution in [3.8, 4) is 16.9 Å². The second kappa shape index (κ2) is 9.64. The molecule has 0 aliphatic heterocycles. The average Bonchev–Trinajstić information content (AvgIpc) is 2.62. The normalized spacial score (nSPS) is 10.7. The summed E-state index contributed by atoms with van der Waals surface area (Å²) < 4.78 is 67.0. The van der Waals surface area contributed by atoms with Crippen molar-refractivity contribution in [3.05, 3.63) is 47.5 Å². The van der Waals surface area contributed by atoms with Crippen molar-refractivity contribution in [3.63, 3.8) is 0 Å². The number of halogens is 4. The van der Waals surface area contributed by atoms with E-state index in [0.717, 1.165) is 30.0 Å². The molecule has 0 atom stereocenters. The SMILES string of the molecule is CCOC(=O)CCSc1ccc(F)c(-c2ccc(F)c(OCC)c2F)c1F. The number of hydrogen-bond acceptors (Lipinski definition) is 4. The Kier molecular flexibility index (Phi) is 7.53. The van der Waals surface area contributed by atoms with Crippen LogP contribution >= 0.6 is 11.8 Å². The van der Waals surface area contributed by atoms with Gasteiger partial charge in [0.15, 0.2) is 17.4 Å². The largest absolute Gasteiger partial charge is 0.488 e. The molecule has 0 aliphatic carbocycles. The van der Waals surface area contributed by atoms with Crippen LogP contribution in [0.15, 0.2) is 29.2 Å². The lowest BCUT2D eigenvalue weighted by Gasteiger charge is -2.13. The third-order valence-corrected chi connectivity index (χ3v) is 4.57. The average molecular weight is 402 g/mol. The molecule has 0 aromatic heterocycles. The molecule has 0 radical (unpaired) electrons. The van der Waals surface area contributed by atoms with Crippen LogP contribution in [0.3, 0.4) is 0 Å². The molecule has 0 aliphatic rings. The van der Waals surface area contributed by atoms with Crippen LogP contribution in [0.5, 0.6) is 5.75 Å². The summed E-state index contributed by atoms with van der Waals surface area (Å²) >= 11 is 0.972. The van der Waals surface area contributed by atoms with Crippen molar-refractivity contribution >= 4 is 17.7 Å². The van der Waals surface area contributed by atoms with E-state index in [1.54, 1.807) is 6.92 Å². The van der Waals surface area contributed by atoms with Gasteiger partial charge in [-0.1, -0.05) is 0 Å². The Morgan fingerprint density at radius 1 is 0.963 bits per heavy atom. The fraction of sp³-hybridized carbons (Fsp3) is 0.316. The fourth-order valence-corrected chi connectivity index (χ4v) is 3.25. The second-order valence-corrected chi connectivity index (χ2v) is 6.45. The van der Waals surface area contributed by atoms with Gasteiger partial charge in [-0.05, 0) is 38.1 Å². The Balaban J connectivity index is 2.35. The van der Waals surface area contributed by atoms with Crippen molar-refractivity contribution in [2.75, 3.05) is 19.0 Å². The minimum Gasteiger partial charge on any atom is -0.488 e. The quantitative estimate of drug-likeness (QED) is 0.339. The fourth-order valence-electron chi connectivity index (χ4n) is 2.37. The summed E-state index contributed by atoms with van der Waals surface area (Å²) in [6, 6.07) is 4.05. The first-order valence-electron chi connectivity index (χ1n) is 8.28. The van der Waals surface area contributed by atoms with E-state index in [1.165, 1.54) is 13.0 Å². The topological polar surface area (TPSA) is 35.5 Å². The molecule has 2 aromatic carbocycles. The number of ether oxygens (including phenoxy) is 2. The molecular weight excluding hydrogens is 384 g/mol. The lowest BCUT2D eigenvalue weighted by atomic mass is 10.0. The first-order chi connectivity index (χ1) is 12.9. The van der Waals surface area contributed by atoms with Gasteiger partial charge in [0.1, 0.15) is 11.6 Å². The van der Waals surface area contributed by atoms with Crippen LogP contribution in [0, 0.1) is 23.3 Å². The highest BCUT2D eigenvalue weighted by Gasteiger charge is 2.23. The van der Waals surface area contributed by atoms with Crippen LogP contribution in [-0.2, 0) is 9.53 Å². The maximum absolute atomic E-state index is 14.8. The second-order valence-electron chi connectivity index (χ2n) is 5.31. The zero-order valence-corrected chi connectivity index (χ0v) is 15.6. The lowest BCUT2D eigenvalue weighted by molar-refractivity contribution is -0.142. The zero-order chi connectivity index (χ0) is 20.0. The van der Waals surface area contributed by atoms with E-state index in [0.29, 0.717) is 0 Å². The summed E-state index contributed by atoms with van der Waals surface area (Å²) in [5.41, 5.74) is -1.06.